The summed E-state index contributed by atoms with van der Waals surface area (Å²) in [6.45, 7) is 1.44. The second-order valence-corrected chi connectivity index (χ2v) is 6.66. The minimum atomic E-state index is -0.442. The zero-order valence-corrected chi connectivity index (χ0v) is 12.8. The Morgan fingerprint density at radius 3 is 2.48 bits per heavy atom. The molecule has 0 aromatic heterocycles. The molecule has 3 nitrogen and oxygen atoms in total. The molecule has 21 heavy (non-hydrogen) atoms. The number of hydrogen-bond donors (Lipinski definition) is 2. The first-order chi connectivity index (χ1) is 10.3. The van der Waals surface area contributed by atoms with E-state index in [1.165, 1.54) is 38.5 Å². The van der Waals surface area contributed by atoms with Crippen molar-refractivity contribution in [2.24, 2.45) is 5.92 Å². The van der Waals surface area contributed by atoms with Gasteiger partial charge in [-0.25, -0.2) is 0 Å². The van der Waals surface area contributed by atoms with Gasteiger partial charge in [0.1, 0.15) is 0 Å². The second-order valence-electron chi connectivity index (χ2n) is 6.66. The second kappa shape index (κ2) is 6.91. The molecule has 0 radical (unpaired) electrons. The average molecular weight is 289 g/mol. The highest BCUT2D eigenvalue weighted by Crippen LogP contribution is 2.31. The molecule has 2 fully saturated rings. The topological polar surface area (TPSA) is 41.5 Å². The van der Waals surface area contributed by atoms with Crippen molar-refractivity contribution < 1.29 is 9.84 Å². The predicted molar refractivity (Wildman–Crippen MR) is 84.1 cm³/mol. The summed E-state index contributed by atoms with van der Waals surface area (Å²) in [4.78, 5) is 0. The number of ether oxygens (including phenoxy) is 1. The Bertz CT molecular complexity index is 428. The number of aliphatic hydroxyl groups excluding tert-OH is 1. The normalized spacial score (nSPS) is 21.8. The lowest BCUT2D eigenvalue weighted by Crippen LogP contribution is -2.50. The summed E-state index contributed by atoms with van der Waals surface area (Å²) in [7, 11) is 0. The summed E-state index contributed by atoms with van der Waals surface area (Å²) < 4.78 is 5.96. The molecule has 0 spiro atoms. The Balaban J connectivity index is 1.59. The Labute approximate surface area is 127 Å². The molecule has 3 rings (SSSR count). The molecule has 0 bridgehead atoms. The summed E-state index contributed by atoms with van der Waals surface area (Å²) >= 11 is 0. The first kappa shape index (κ1) is 15.0. The van der Waals surface area contributed by atoms with E-state index in [9.17, 15) is 5.11 Å². The first-order valence-corrected chi connectivity index (χ1v) is 8.34. The Kier molecular flexibility index (Phi) is 4.94. The maximum atomic E-state index is 10.0. The van der Waals surface area contributed by atoms with Gasteiger partial charge in [0.25, 0.3) is 0 Å². The lowest BCUT2D eigenvalue weighted by atomic mass is 9.83. The van der Waals surface area contributed by atoms with Crippen LogP contribution in [0.5, 0.6) is 0 Å². The van der Waals surface area contributed by atoms with Crippen LogP contribution in [0.15, 0.2) is 30.3 Å². The average Bonchev–Trinajstić information content (AvgIpc) is 3.29. The van der Waals surface area contributed by atoms with Crippen molar-refractivity contribution >= 4 is 0 Å². The van der Waals surface area contributed by atoms with Gasteiger partial charge in [-0.15, -0.1) is 0 Å². The van der Waals surface area contributed by atoms with E-state index >= 15 is 0 Å². The lowest BCUT2D eigenvalue weighted by molar-refractivity contribution is 0.0232. The van der Waals surface area contributed by atoms with Crippen molar-refractivity contribution in [2.45, 2.75) is 50.1 Å². The van der Waals surface area contributed by atoms with Gasteiger partial charge < -0.3 is 15.2 Å². The molecule has 0 heterocycles. The smallest absolute Gasteiger partial charge is 0.0908 e. The van der Waals surface area contributed by atoms with Crippen LogP contribution in [0.1, 0.15) is 44.1 Å². The molecule has 2 N–H and O–H groups in total. The molecule has 116 valence electrons. The fourth-order valence-electron chi connectivity index (χ4n) is 3.04. The standard InChI is InChI=1S/C18H27NO2/c20-13-18(19-17-9-10-17,16-7-2-1-3-8-16)14-21-12-11-15-5-4-6-15/h1-3,7-8,15,17,19-20H,4-6,9-14H2. The third-order valence-corrected chi connectivity index (χ3v) is 4.90. The lowest BCUT2D eigenvalue weighted by Gasteiger charge is -2.34. The Morgan fingerprint density at radius 1 is 1.14 bits per heavy atom. The molecule has 2 aliphatic rings. The number of hydrogen-bond acceptors (Lipinski definition) is 3. The quantitative estimate of drug-likeness (QED) is 0.687. The highest BCUT2D eigenvalue weighted by atomic mass is 16.5. The van der Waals surface area contributed by atoms with Crippen LogP contribution < -0.4 is 5.32 Å². The van der Waals surface area contributed by atoms with Gasteiger partial charge in [-0.2, -0.15) is 0 Å². The molecule has 1 aromatic carbocycles. The highest BCUT2D eigenvalue weighted by Gasteiger charge is 2.37. The Morgan fingerprint density at radius 2 is 1.90 bits per heavy atom. The Hall–Kier alpha value is -0.900. The maximum Gasteiger partial charge on any atom is 0.0908 e. The molecule has 1 unspecified atom stereocenters. The number of rotatable bonds is 9. The van der Waals surface area contributed by atoms with E-state index in [0.29, 0.717) is 12.6 Å². The van der Waals surface area contributed by atoms with E-state index in [-0.39, 0.29) is 6.61 Å². The van der Waals surface area contributed by atoms with Crippen LogP contribution in [0.25, 0.3) is 0 Å². The van der Waals surface area contributed by atoms with E-state index in [1.54, 1.807) is 0 Å². The summed E-state index contributed by atoms with van der Waals surface area (Å²) in [5.74, 6) is 0.877. The van der Waals surface area contributed by atoms with Crippen LogP contribution in [0.2, 0.25) is 0 Å². The largest absolute Gasteiger partial charge is 0.394 e. The monoisotopic (exact) mass is 289 g/mol. The summed E-state index contributed by atoms with van der Waals surface area (Å²) in [6.07, 6.45) is 7.70. The summed E-state index contributed by atoms with van der Waals surface area (Å²) in [5, 5.41) is 13.6. The van der Waals surface area contributed by atoms with E-state index in [1.807, 2.05) is 18.2 Å². The third kappa shape index (κ3) is 3.85. The van der Waals surface area contributed by atoms with E-state index in [4.69, 9.17) is 4.74 Å². The van der Waals surface area contributed by atoms with E-state index in [2.05, 4.69) is 17.4 Å². The van der Waals surface area contributed by atoms with Crippen molar-refractivity contribution in [1.29, 1.82) is 0 Å². The van der Waals surface area contributed by atoms with Gasteiger partial charge in [0.2, 0.25) is 0 Å². The number of nitrogens with one attached hydrogen (secondary N) is 1. The van der Waals surface area contributed by atoms with Crippen molar-refractivity contribution in [3.8, 4) is 0 Å². The molecule has 1 atom stereocenters. The third-order valence-electron chi connectivity index (χ3n) is 4.90. The maximum absolute atomic E-state index is 10.0. The van der Waals surface area contributed by atoms with Gasteiger partial charge >= 0.3 is 0 Å². The van der Waals surface area contributed by atoms with Crippen LogP contribution in [0.4, 0.5) is 0 Å². The van der Waals surface area contributed by atoms with Crippen LogP contribution in [0, 0.1) is 5.92 Å². The number of benzene rings is 1. The SMILES string of the molecule is OCC(COCCC1CCC1)(NC1CC1)c1ccccc1. The molecule has 1 aromatic rings. The molecule has 3 heteroatoms. The molecular weight excluding hydrogens is 262 g/mol. The first-order valence-electron chi connectivity index (χ1n) is 8.34. The van der Waals surface area contributed by atoms with E-state index < -0.39 is 5.54 Å². The fraction of sp³-hybridized carbons (Fsp3) is 0.667. The molecule has 0 aliphatic heterocycles. The van der Waals surface area contributed by atoms with Crippen LogP contribution in [0.3, 0.4) is 0 Å². The van der Waals surface area contributed by atoms with E-state index in [0.717, 1.165) is 18.1 Å². The van der Waals surface area contributed by atoms with Crippen molar-refractivity contribution in [2.75, 3.05) is 19.8 Å². The molecule has 0 saturated heterocycles. The summed E-state index contributed by atoms with van der Waals surface area (Å²) in [5.41, 5.74) is 0.685. The summed E-state index contributed by atoms with van der Waals surface area (Å²) in [6, 6.07) is 10.8. The fourth-order valence-corrected chi connectivity index (χ4v) is 3.04. The van der Waals surface area contributed by atoms with Crippen molar-refractivity contribution in [3.63, 3.8) is 0 Å². The van der Waals surface area contributed by atoms with Crippen LogP contribution in [-0.4, -0.2) is 31.0 Å². The molecule has 2 aliphatic carbocycles. The highest BCUT2D eigenvalue weighted by molar-refractivity contribution is 5.25. The van der Waals surface area contributed by atoms with Crippen molar-refractivity contribution in [3.05, 3.63) is 35.9 Å². The zero-order chi connectivity index (χ0) is 14.5. The number of aliphatic hydroxyl groups is 1. The molecule has 0 amide bonds. The van der Waals surface area contributed by atoms with Crippen molar-refractivity contribution in [1.82, 2.24) is 5.32 Å². The van der Waals surface area contributed by atoms with Gasteiger partial charge in [0, 0.05) is 12.6 Å². The zero-order valence-electron chi connectivity index (χ0n) is 12.8. The molecular formula is C18H27NO2. The minimum Gasteiger partial charge on any atom is -0.394 e. The van der Waals surface area contributed by atoms with Gasteiger partial charge in [-0.3, -0.25) is 0 Å². The van der Waals surface area contributed by atoms with Gasteiger partial charge in [-0.1, -0.05) is 49.6 Å². The van der Waals surface area contributed by atoms with Gasteiger partial charge in [0.15, 0.2) is 0 Å². The van der Waals surface area contributed by atoms with Gasteiger partial charge in [-0.05, 0) is 30.7 Å². The van der Waals surface area contributed by atoms with Gasteiger partial charge in [0.05, 0.1) is 18.8 Å². The van der Waals surface area contributed by atoms with Crippen LogP contribution in [-0.2, 0) is 10.3 Å². The predicted octanol–water partition coefficient (Wildman–Crippen LogP) is 2.83. The molecule has 2 saturated carbocycles. The van der Waals surface area contributed by atoms with Crippen LogP contribution >= 0.6 is 0 Å². The minimum absolute atomic E-state index is 0.0803.